The predicted molar refractivity (Wildman–Crippen MR) is 98.8 cm³/mol. The van der Waals surface area contributed by atoms with E-state index in [1.54, 1.807) is 23.6 Å². The number of rotatable bonds is 5. The van der Waals surface area contributed by atoms with Gasteiger partial charge in [0, 0.05) is 9.79 Å². The zero-order valence-electron chi connectivity index (χ0n) is 13.8. The first-order valence-corrected chi connectivity index (χ1v) is 10.4. The maximum atomic E-state index is 12.0. The SMILES string of the molecule is CCCc1ccc2c(c1)N(C(CC)S(=O)(=O)O)c1ccccc1S2. The maximum Gasteiger partial charge on any atom is 0.286 e. The van der Waals surface area contributed by atoms with Crippen LogP contribution in [0.4, 0.5) is 11.4 Å². The Morgan fingerprint density at radius 3 is 2.46 bits per heavy atom. The van der Waals surface area contributed by atoms with Crippen LogP contribution in [-0.4, -0.2) is 18.3 Å². The van der Waals surface area contributed by atoms with Crippen molar-refractivity contribution in [3.05, 3.63) is 48.0 Å². The highest BCUT2D eigenvalue weighted by atomic mass is 32.2. The average Bonchev–Trinajstić information content (AvgIpc) is 2.54. The van der Waals surface area contributed by atoms with Crippen molar-refractivity contribution in [2.75, 3.05) is 4.90 Å². The van der Waals surface area contributed by atoms with Crippen LogP contribution in [0.5, 0.6) is 0 Å². The first-order chi connectivity index (χ1) is 11.5. The molecule has 128 valence electrons. The molecule has 1 N–H and O–H groups in total. The van der Waals surface area contributed by atoms with Crippen LogP contribution in [0.25, 0.3) is 0 Å². The van der Waals surface area contributed by atoms with Crippen LogP contribution in [0, 0.1) is 0 Å². The summed E-state index contributed by atoms with van der Waals surface area (Å²) in [6.07, 6.45) is 2.27. The molecule has 0 saturated heterocycles. The highest BCUT2D eigenvalue weighted by molar-refractivity contribution is 7.99. The monoisotopic (exact) mass is 363 g/mol. The number of hydrogen-bond donors (Lipinski definition) is 1. The number of hydrogen-bond acceptors (Lipinski definition) is 4. The number of para-hydroxylation sites is 1. The van der Waals surface area contributed by atoms with E-state index in [1.165, 1.54) is 5.56 Å². The van der Waals surface area contributed by atoms with Crippen LogP contribution < -0.4 is 4.90 Å². The molecule has 2 aromatic rings. The fourth-order valence-electron chi connectivity index (χ4n) is 3.11. The Balaban J connectivity index is 2.21. The van der Waals surface area contributed by atoms with Gasteiger partial charge in [0.15, 0.2) is 5.37 Å². The molecular formula is C18H21NO3S2. The van der Waals surface area contributed by atoms with Gasteiger partial charge in [0.1, 0.15) is 0 Å². The minimum absolute atomic E-state index is 0.301. The van der Waals surface area contributed by atoms with Crippen LogP contribution in [-0.2, 0) is 16.5 Å². The van der Waals surface area contributed by atoms with Crippen molar-refractivity contribution in [1.29, 1.82) is 0 Å². The number of aryl methyl sites for hydroxylation is 1. The largest absolute Gasteiger partial charge is 0.320 e. The fraction of sp³-hybridized carbons (Fsp3) is 0.333. The van der Waals surface area contributed by atoms with Crippen LogP contribution in [0.2, 0.25) is 0 Å². The third kappa shape index (κ3) is 3.18. The van der Waals surface area contributed by atoms with E-state index in [1.807, 2.05) is 30.3 Å². The molecule has 0 saturated carbocycles. The standard InChI is InChI=1S/C18H21NO3S2/c1-3-7-13-10-11-17-15(12-13)19(18(4-2)24(20,21)22)14-8-5-6-9-16(14)23-17/h5-6,8-12,18H,3-4,7H2,1-2H3,(H,20,21,22). The molecule has 1 unspecified atom stereocenters. The molecule has 0 aromatic heterocycles. The first-order valence-electron chi connectivity index (χ1n) is 8.11. The van der Waals surface area contributed by atoms with Gasteiger partial charge in [0.2, 0.25) is 0 Å². The molecule has 0 spiro atoms. The normalized spacial score (nSPS) is 14.9. The van der Waals surface area contributed by atoms with E-state index < -0.39 is 15.5 Å². The van der Waals surface area contributed by atoms with E-state index in [0.717, 1.165) is 34.0 Å². The molecule has 0 radical (unpaired) electrons. The van der Waals surface area contributed by atoms with E-state index in [2.05, 4.69) is 19.1 Å². The van der Waals surface area contributed by atoms with Crippen molar-refractivity contribution in [3.63, 3.8) is 0 Å². The maximum absolute atomic E-state index is 12.0. The fourth-order valence-corrected chi connectivity index (χ4v) is 5.08. The van der Waals surface area contributed by atoms with Gasteiger partial charge in [-0.1, -0.05) is 50.2 Å². The Kier molecular flexibility index (Phi) is 4.90. The minimum atomic E-state index is -4.21. The summed E-state index contributed by atoms with van der Waals surface area (Å²) in [4.78, 5) is 3.78. The van der Waals surface area contributed by atoms with Crippen molar-refractivity contribution in [3.8, 4) is 0 Å². The summed E-state index contributed by atoms with van der Waals surface area (Å²) in [7, 11) is -4.21. The Hall–Kier alpha value is -1.50. The van der Waals surface area contributed by atoms with Gasteiger partial charge in [-0.3, -0.25) is 4.55 Å². The molecule has 1 atom stereocenters. The lowest BCUT2D eigenvalue weighted by Gasteiger charge is -2.37. The second-order valence-electron chi connectivity index (χ2n) is 5.87. The number of nitrogens with zero attached hydrogens (tertiary/aromatic N) is 1. The molecule has 1 heterocycles. The van der Waals surface area contributed by atoms with E-state index in [0.29, 0.717) is 6.42 Å². The third-order valence-electron chi connectivity index (χ3n) is 4.15. The molecule has 0 aliphatic carbocycles. The Labute approximate surface area is 147 Å². The molecule has 24 heavy (non-hydrogen) atoms. The molecule has 0 fully saturated rings. The molecule has 2 aromatic carbocycles. The highest BCUT2D eigenvalue weighted by Crippen LogP contribution is 2.50. The van der Waals surface area contributed by atoms with Gasteiger partial charge in [-0.25, -0.2) is 0 Å². The summed E-state index contributed by atoms with van der Waals surface area (Å²) in [5.41, 5.74) is 2.86. The lowest BCUT2D eigenvalue weighted by atomic mass is 10.1. The van der Waals surface area contributed by atoms with E-state index in [4.69, 9.17) is 0 Å². The topological polar surface area (TPSA) is 57.6 Å². The molecule has 0 bridgehead atoms. The highest BCUT2D eigenvalue weighted by Gasteiger charge is 2.35. The molecule has 6 heteroatoms. The molecular weight excluding hydrogens is 342 g/mol. The molecule has 0 amide bonds. The second-order valence-corrected chi connectivity index (χ2v) is 8.53. The Bertz CT molecular complexity index is 849. The van der Waals surface area contributed by atoms with Crippen LogP contribution in [0.1, 0.15) is 32.3 Å². The van der Waals surface area contributed by atoms with Crippen molar-refractivity contribution in [2.24, 2.45) is 0 Å². The summed E-state index contributed by atoms with van der Waals surface area (Å²) in [5.74, 6) is 0. The summed E-state index contributed by atoms with van der Waals surface area (Å²) in [6.45, 7) is 3.90. The average molecular weight is 364 g/mol. The van der Waals surface area contributed by atoms with Gasteiger partial charge >= 0.3 is 0 Å². The van der Waals surface area contributed by atoms with E-state index in [9.17, 15) is 13.0 Å². The minimum Gasteiger partial charge on any atom is -0.320 e. The summed E-state index contributed by atoms with van der Waals surface area (Å²) in [6, 6.07) is 13.9. The smallest absolute Gasteiger partial charge is 0.286 e. The van der Waals surface area contributed by atoms with Crippen LogP contribution in [0.15, 0.2) is 52.3 Å². The van der Waals surface area contributed by atoms with E-state index in [-0.39, 0.29) is 0 Å². The van der Waals surface area contributed by atoms with E-state index >= 15 is 0 Å². The zero-order valence-corrected chi connectivity index (χ0v) is 15.4. The number of benzene rings is 2. The van der Waals surface area contributed by atoms with Gasteiger partial charge in [-0.2, -0.15) is 8.42 Å². The van der Waals surface area contributed by atoms with Crippen molar-refractivity contribution < 1.29 is 13.0 Å². The Morgan fingerprint density at radius 1 is 1.08 bits per heavy atom. The molecule has 1 aliphatic rings. The van der Waals surface area contributed by atoms with Crippen molar-refractivity contribution in [1.82, 2.24) is 0 Å². The molecule has 4 nitrogen and oxygen atoms in total. The predicted octanol–water partition coefficient (Wildman–Crippen LogP) is 4.87. The quantitative estimate of drug-likeness (QED) is 0.768. The van der Waals surface area contributed by atoms with Gasteiger partial charge < -0.3 is 4.90 Å². The summed E-state index contributed by atoms with van der Waals surface area (Å²) < 4.78 is 33.8. The second kappa shape index (κ2) is 6.78. The summed E-state index contributed by atoms with van der Waals surface area (Å²) >= 11 is 1.63. The van der Waals surface area contributed by atoms with Crippen LogP contribution in [0.3, 0.4) is 0 Å². The van der Waals surface area contributed by atoms with Gasteiger partial charge in [0.05, 0.1) is 11.4 Å². The molecule has 1 aliphatic heterocycles. The number of fused-ring (bicyclic) bond motifs is 2. The van der Waals surface area contributed by atoms with Crippen molar-refractivity contribution in [2.45, 2.75) is 48.3 Å². The number of anilines is 2. The van der Waals surface area contributed by atoms with Crippen LogP contribution >= 0.6 is 11.8 Å². The molecule has 3 rings (SSSR count). The summed E-state index contributed by atoms with van der Waals surface area (Å²) in [5, 5.41) is -0.991. The third-order valence-corrected chi connectivity index (χ3v) is 6.51. The van der Waals surface area contributed by atoms with Gasteiger partial charge in [-0.05, 0) is 42.7 Å². The zero-order chi connectivity index (χ0) is 17.3. The lowest BCUT2D eigenvalue weighted by Crippen LogP contribution is -2.38. The van der Waals surface area contributed by atoms with Gasteiger partial charge in [0.25, 0.3) is 10.1 Å². The van der Waals surface area contributed by atoms with Gasteiger partial charge in [-0.15, -0.1) is 0 Å². The van der Waals surface area contributed by atoms with Crippen molar-refractivity contribution >= 4 is 33.3 Å². The lowest BCUT2D eigenvalue weighted by molar-refractivity contribution is 0.464. The Morgan fingerprint density at radius 2 is 1.79 bits per heavy atom. The first kappa shape index (κ1) is 17.3.